The Bertz CT molecular complexity index is 726. The molecule has 6 heteroatoms. The van der Waals surface area contributed by atoms with Crippen LogP contribution in [0.25, 0.3) is 11.1 Å². The summed E-state index contributed by atoms with van der Waals surface area (Å²) in [5, 5.41) is 9.10. The largest absolute Gasteiger partial charge is 0.481 e. The number of benzene rings is 2. The van der Waals surface area contributed by atoms with Crippen LogP contribution in [-0.2, 0) is 11.2 Å². The SMILES string of the molecule is O=C(O)C1Cc2cc(-c3ccccc3)ccc2OC1C(F)(F)F. The molecule has 2 atom stereocenters. The summed E-state index contributed by atoms with van der Waals surface area (Å²) in [5.41, 5.74) is 2.18. The number of hydrogen-bond donors (Lipinski definition) is 1. The van der Waals surface area contributed by atoms with E-state index in [9.17, 15) is 18.0 Å². The highest BCUT2D eigenvalue weighted by atomic mass is 19.4. The van der Waals surface area contributed by atoms with Crippen LogP contribution in [0.15, 0.2) is 48.5 Å². The quantitative estimate of drug-likeness (QED) is 0.911. The van der Waals surface area contributed by atoms with Crippen molar-refractivity contribution >= 4 is 5.97 Å². The van der Waals surface area contributed by atoms with E-state index in [1.54, 1.807) is 12.1 Å². The van der Waals surface area contributed by atoms with Crippen molar-refractivity contribution in [1.29, 1.82) is 0 Å². The topological polar surface area (TPSA) is 46.5 Å². The molecule has 1 aliphatic rings. The van der Waals surface area contributed by atoms with Gasteiger partial charge >= 0.3 is 12.1 Å². The highest BCUT2D eigenvalue weighted by Crippen LogP contribution is 2.39. The summed E-state index contributed by atoms with van der Waals surface area (Å²) in [6.45, 7) is 0. The predicted octanol–water partition coefficient (Wildman–Crippen LogP) is 3.92. The number of ether oxygens (including phenoxy) is 1. The van der Waals surface area contributed by atoms with Gasteiger partial charge < -0.3 is 9.84 Å². The maximum atomic E-state index is 13.0. The fourth-order valence-corrected chi connectivity index (χ4v) is 2.74. The van der Waals surface area contributed by atoms with Gasteiger partial charge in [0.05, 0.1) is 0 Å². The molecule has 1 heterocycles. The molecule has 23 heavy (non-hydrogen) atoms. The first-order chi connectivity index (χ1) is 10.9. The van der Waals surface area contributed by atoms with E-state index < -0.39 is 24.2 Å². The summed E-state index contributed by atoms with van der Waals surface area (Å²) in [7, 11) is 0. The highest BCUT2D eigenvalue weighted by Gasteiger charge is 2.52. The van der Waals surface area contributed by atoms with Gasteiger partial charge in [-0.25, -0.2) is 0 Å². The van der Waals surface area contributed by atoms with Crippen LogP contribution in [0.1, 0.15) is 5.56 Å². The van der Waals surface area contributed by atoms with Gasteiger partial charge in [0, 0.05) is 0 Å². The van der Waals surface area contributed by atoms with Gasteiger partial charge in [0.2, 0.25) is 6.10 Å². The molecule has 120 valence electrons. The van der Waals surface area contributed by atoms with Gasteiger partial charge in [-0.15, -0.1) is 0 Å². The van der Waals surface area contributed by atoms with E-state index in [0.29, 0.717) is 5.56 Å². The van der Waals surface area contributed by atoms with Gasteiger partial charge in [-0.05, 0) is 35.2 Å². The summed E-state index contributed by atoms with van der Waals surface area (Å²) in [5.74, 6) is -3.07. The number of rotatable bonds is 2. The molecule has 0 bridgehead atoms. The molecular formula is C17H13F3O3. The van der Waals surface area contributed by atoms with E-state index in [2.05, 4.69) is 0 Å². The number of fused-ring (bicyclic) bond motifs is 1. The minimum atomic E-state index is -4.72. The summed E-state index contributed by atoms with van der Waals surface area (Å²) in [4.78, 5) is 11.2. The van der Waals surface area contributed by atoms with Crippen LogP contribution >= 0.6 is 0 Å². The van der Waals surface area contributed by atoms with Crippen molar-refractivity contribution in [3.8, 4) is 16.9 Å². The fourth-order valence-electron chi connectivity index (χ4n) is 2.74. The molecule has 1 N–H and O–H groups in total. The summed E-state index contributed by atoms with van der Waals surface area (Å²) >= 11 is 0. The van der Waals surface area contributed by atoms with Crippen molar-refractivity contribution in [2.75, 3.05) is 0 Å². The Kier molecular flexibility index (Phi) is 3.75. The maximum Gasteiger partial charge on any atom is 0.426 e. The van der Waals surface area contributed by atoms with Crippen LogP contribution in [0.4, 0.5) is 13.2 Å². The Morgan fingerprint density at radius 3 is 2.39 bits per heavy atom. The zero-order valence-electron chi connectivity index (χ0n) is 11.9. The van der Waals surface area contributed by atoms with E-state index >= 15 is 0 Å². The average Bonchev–Trinajstić information content (AvgIpc) is 2.53. The van der Waals surface area contributed by atoms with E-state index in [4.69, 9.17) is 9.84 Å². The van der Waals surface area contributed by atoms with Crippen molar-refractivity contribution in [1.82, 2.24) is 0 Å². The number of carbonyl (C=O) groups is 1. The lowest BCUT2D eigenvalue weighted by molar-refractivity contribution is -0.217. The Labute approximate surface area is 130 Å². The van der Waals surface area contributed by atoms with E-state index in [1.807, 2.05) is 30.3 Å². The van der Waals surface area contributed by atoms with Crippen molar-refractivity contribution in [2.24, 2.45) is 5.92 Å². The highest BCUT2D eigenvalue weighted by molar-refractivity contribution is 5.73. The van der Waals surface area contributed by atoms with Crippen molar-refractivity contribution in [2.45, 2.75) is 18.7 Å². The number of carboxylic acids is 1. The lowest BCUT2D eigenvalue weighted by Crippen LogP contribution is -2.47. The van der Waals surface area contributed by atoms with Crippen LogP contribution in [-0.4, -0.2) is 23.4 Å². The third kappa shape index (κ3) is 3.02. The first-order valence-electron chi connectivity index (χ1n) is 7.01. The van der Waals surface area contributed by atoms with Crippen LogP contribution in [0.5, 0.6) is 5.75 Å². The van der Waals surface area contributed by atoms with Crippen LogP contribution < -0.4 is 4.74 Å². The standard InChI is InChI=1S/C17H13F3O3/c18-17(19,20)15-13(16(21)22)9-12-8-11(6-7-14(12)23-15)10-4-2-1-3-5-10/h1-8,13,15H,9H2,(H,21,22). The fraction of sp³-hybridized carbons (Fsp3) is 0.235. The molecule has 0 amide bonds. The molecule has 1 aliphatic heterocycles. The third-order valence-corrected chi connectivity index (χ3v) is 3.87. The van der Waals surface area contributed by atoms with Gasteiger partial charge in [0.25, 0.3) is 0 Å². The summed E-state index contributed by atoms with van der Waals surface area (Å²) < 4.78 is 44.0. The van der Waals surface area contributed by atoms with Gasteiger partial charge in [0.15, 0.2) is 0 Å². The van der Waals surface area contributed by atoms with Crippen LogP contribution in [0, 0.1) is 5.92 Å². The smallest absolute Gasteiger partial charge is 0.426 e. The van der Waals surface area contributed by atoms with Crippen molar-refractivity contribution < 1.29 is 27.8 Å². The second-order valence-electron chi connectivity index (χ2n) is 5.42. The number of aliphatic carboxylic acids is 1. The lowest BCUT2D eigenvalue weighted by atomic mass is 9.88. The molecule has 2 unspecified atom stereocenters. The Balaban J connectivity index is 1.99. The average molecular weight is 322 g/mol. The Morgan fingerprint density at radius 1 is 1.09 bits per heavy atom. The first kappa shape index (κ1) is 15.4. The first-order valence-corrected chi connectivity index (χ1v) is 7.01. The second kappa shape index (κ2) is 5.61. The van der Waals surface area contributed by atoms with Crippen LogP contribution in [0.2, 0.25) is 0 Å². The maximum absolute atomic E-state index is 13.0. The van der Waals surface area contributed by atoms with E-state index in [-0.39, 0.29) is 12.2 Å². The molecule has 2 aromatic carbocycles. The normalized spacial score (nSPS) is 20.5. The molecule has 3 rings (SSSR count). The molecule has 0 spiro atoms. The molecule has 0 aliphatic carbocycles. The monoisotopic (exact) mass is 322 g/mol. The zero-order chi connectivity index (χ0) is 16.6. The number of carboxylic acid groups (broad SMARTS) is 1. The van der Waals surface area contributed by atoms with Gasteiger partial charge in [0.1, 0.15) is 11.7 Å². The Morgan fingerprint density at radius 2 is 1.78 bits per heavy atom. The Hall–Kier alpha value is -2.50. The molecule has 0 radical (unpaired) electrons. The molecule has 0 fully saturated rings. The van der Waals surface area contributed by atoms with Gasteiger partial charge in [-0.3, -0.25) is 4.79 Å². The number of hydrogen-bond acceptors (Lipinski definition) is 2. The number of halogens is 3. The van der Waals surface area contributed by atoms with Gasteiger partial charge in [-0.2, -0.15) is 13.2 Å². The van der Waals surface area contributed by atoms with E-state index in [1.165, 1.54) is 6.07 Å². The molecule has 0 aromatic heterocycles. The number of alkyl halides is 3. The molecule has 0 saturated carbocycles. The lowest BCUT2D eigenvalue weighted by Gasteiger charge is -2.32. The van der Waals surface area contributed by atoms with Crippen molar-refractivity contribution in [3.63, 3.8) is 0 Å². The van der Waals surface area contributed by atoms with E-state index in [0.717, 1.165) is 11.1 Å². The third-order valence-electron chi connectivity index (χ3n) is 3.87. The molecule has 2 aromatic rings. The molecule has 3 nitrogen and oxygen atoms in total. The minimum absolute atomic E-state index is 0.0875. The van der Waals surface area contributed by atoms with Crippen LogP contribution in [0.3, 0.4) is 0 Å². The molecular weight excluding hydrogens is 309 g/mol. The predicted molar refractivity (Wildman–Crippen MR) is 77.2 cm³/mol. The van der Waals surface area contributed by atoms with Gasteiger partial charge in [-0.1, -0.05) is 36.4 Å². The van der Waals surface area contributed by atoms with Crippen molar-refractivity contribution in [3.05, 3.63) is 54.1 Å². The second-order valence-corrected chi connectivity index (χ2v) is 5.42. The zero-order valence-corrected chi connectivity index (χ0v) is 11.9. The summed E-state index contributed by atoms with van der Waals surface area (Å²) in [6, 6.07) is 14.1. The summed E-state index contributed by atoms with van der Waals surface area (Å²) in [6.07, 6.45) is -7.26. The minimum Gasteiger partial charge on any atom is -0.481 e. The molecule has 0 saturated heterocycles.